The first-order valence-electron chi connectivity index (χ1n) is 4.60. The van der Waals surface area contributed by atoms with E-state index in [0.29, 0.717) is 12.5 Å². The van der Waals surface area contributed by atoms with Crippen molar-refractivity contribution in [2.45, 2.75) is 32.3 Å². The molecule has 0 rings (SSSR count). The van der Waals surface area contributed by atoms with Crippen LogP contribution in [0.2, 0.25) is 0 Å². The second-order valence-corrected chi connectivity index (χ2v) is 3.01. The molecular weight excluding hydrogens is 198 g/mol. The van der Waals surface area contributed by atoms with Gasteiger partial charge in [-0.2, -0.15) is 5.26 Å². The van der Waals surface area contributed by atoms with E-state index in [0.717, 1.165) is 6.42 Å². The standard InChI is InChI=1S/C10H13NO4/c1-2-3-4-8(12)9(13)7(5-6-11)10(14)15/h5,8,12H,2-4H2,1H3,(H,14,15)/b7-5+. The lowest BCUT2D eigenvalue weighted by Gasteiger charge is -2.08. The van der Waals surface area contributed by atoms with E-state index in [1.54, 1.807) is 0 Å². The Morgan fingerprint density at radius 1 is 1.53 bits per heavy atom. The monoisotopic (exact) mass is 211 g/mol. The molecule has 0 bridgehead atoms. The van der Waals surface area contributed by atoms with Crippen molar-refractivity contribution in [3.63, 3.8) is 0 Å². The van der Waals surface area contributed by atoms with Crippen LogP contribution in [0.5, 0.6) is 0 Å². The van der Waals surface area contributed by atoms with Crippen LogP contribution in [0.3, 0.4) is 0 Å². The molecule has 5 nitrogen and oxygen atoms in total. The summed E-state index contributed by atoms with van der Waals surface area (Å²) in [6.45, 7) is 1.89. The van der Waals surface area contributed by atoms with Gasteiger partial charge in [-0.3, -0.25) is 4.79 Å². The number of carbonyl (C=O) groups excluding carboxylic acids is 1. The number of aliphatic hydroxyl groups excluding tert-OH is 1. The number of Topliss-reactive ketones (excluding diaryl/α,β-unsaturated/α-hetero) is 1. The SMILES string of the molecule is CCCCC(O)C(=O)/C(=C\C#N)C(=O)O. The summed E-state index contributed by atoms with van der Waals surface area (Å²) >= 11 is 0. The molecule has 1 unspecified atom stereocenters. The molecule has 0 saturated carbocycles. The molecule has 0 spiro atoms. The number of hydrogen-bond donors (Lipinski definition) is 2. The largest absolute Gasteiger partial charge is 0.478 e. The number of hydrogen-bond acceptors (Lipinski definition) is 4. The van der Waals surface area contributed by atoms with Crippen LogP contribution < -0.4 is 0 Å². The number of carbonyl (C=O) groups is 2. The van der Waals surface area contributed by atoms with Gasteiger partial charge in [-0.05, 0) is 6.42 Å². The van der Waals surface area contributed by atoms with Crippen LogP contribution >= 0.6 is 0 Å². The Morgan fingerprint density at radius 3 is 2.53 bits per heavy atom. The third-order valence-corrected chi connectivity index (χ3v) is 1.84. The Hall–Kier alpha value is -1.67. The lowest BCUT2D eigenvalue weighted by atomic mass is 10.0. The number of rotatable bonds is 6. The third kappa shape index (κ3) is 4.38. The Bertz CT molecular complexity index is 314. The van der Waals surface area contributed by atoms with Gasteiger partial charge in [0.15, 0.2) is 5.78 Å². The summed E-state index contributed by atoms with van der Waals surface area (Å²) in [5.41, 5.74) is -0.666. The van der Waals surface area contributed by atoms with Crippen LogP contribution in [0.25, 0.3) is 0 Å². The van der Waals surface area contributed by atoms with Crippen molar-refractivity contribution in [3.05, 3.63) is 11.6 Å². The van der Waals surface area contributed by atoms with E-state index < -0.39 is 23.4 Å². The van der Waals surface area contributed by atoms with Crippen LogP contribution in [0.1, 0.15) is 26.2 Å². The van der Waals surface area contributed by atoms with Gasteiger partial charge in [0.25, 0.3) is 0 Å². The van der Waals surface area contributed by atoms with Crippen molar-refractivity contribution in [1.29, 1.82) is 5.26 Å². The quantitative estimate of drug-likeness (QED) is 0.291. The van der Waals surface area contributed by atoms with E-state index in [-0.39, 0.29) is 6.42 Å². The molecule has 0 aliphatic heterocycles. The first-order valence-corrected chi connectivity index (χ1v) is 4.60. The van der Waals surface area contributed by atoms with Crippen molar-refractivity contribution < 1.29 is 19.8 Å². The minimum absolute atomic E-state index is 0.214. The van der Waals surface area contributed by atoms with Gasteiger partial charge in [0.2, 0.25) is 0 Å². The molecule has 0 aliphatic carbocycles. The second-order valence-electron chi connectivity index (χ2n) is 3.01. The summed E-state index contributed by atoms with van der Waals surface area (Å²) in [6.07, 6.45) is 0.951. The number of carboxylic acids is 1. The van der Waals surface area contributed by atoms with E-state index in [9.17, 15) is 14.7 Å². The Morgan fingerprint density at radius 2 is 2.13 bits per heavy atom. The van der Waals surface area contributed by atoms with E-state index in [1.807, 2.05) is 6.92 Å². The number of unbranched alkanes of at least 4 members (excludes halogenated alkanes) is 1. The highest BCUT2D eigenvalue weighted by Crippen LogP contribution is 2.07. The van der Waals surface area contributed by atoms with Gasteiger partial charge in [-0.25, -0.2) is 4.79 Å². The summed E-state index contributed by atoms with van der Waals surface area (Å²) in [7, 11) is 0. The molecule has 0 aromatic rings. The lowest BCUT2D eigenvalue weighted by Crippen LogP contribution is -2.25. The van der Waals surface area contributed by atoms with E-state index in [2.05, 4.69) is 0 Å². The Kier molecular flexibility index (Phi) is 5.99. The number of allylic oxidation sites excluding steroid dienone is 1. The fraction of sp³-hybridized carbons (Fsp3) is 0.500. The van der Waals surface area contributed by atoms with Gasteiger partial charge in [0.1, 0.15) is 11.7 Å². The molecule has 0 radical (unpaired) electrons. The lowest BCUT2D eigenvalue weighted by molar-refractivity contribution is -0.136. The highest BCUT2D eigenvalue weighted by molar-refractivity contribution is 6.18. The van der Waals surface area contributed by atoms with E-state index >= 15 is 0 Å². The number of aliphatic hydroxyl groups is 1. The van der Waals surface area contributed by atoms with Crippen molar-refractivity contribution in [2.24, 2.45) is 0 Å². The highest BCUT2D eigenvalue weighted by atomic mass is 16.4. The predicted octanol–water partition coefficient (Wildman–Crippen LogP) is 0.641. The Labute approximate surface area is 87.6 Å². The van der Waals surface area contributed by atoms with Gasteiger partial charge in [-0.15, -0.1) is 0 Å². The molecule has 82 valence electrons. The molecule has 0 fully saturated rings. The molecule has 2 N–H and O–H groups in total. The maximum absolute atomic E-state index is 11.3. The van der Waals surface area contributed by atoms with Crippen LogP contribution in [0.4, 0.5) is 0 Å². The van der Waals surface area contributed by atoms with E-state index in [4.69, 9.17) is 10.4 Å². The van der Waals surface area contributed by atoms with Gasteiger partial charge in [0.05, 0.1) is 6.07 Å². The number of nitriles is 1. The van der Waals surface area contributed by atoms with Crippen molar-refractivity contribution in [1.82, 2.24) is 0 Å². The van der Waals surface area contributed by atoms with Gasteiger partial charge < -0.3 is 10.2 Å². The zero-order valence-electron chi connectivity index (χ0n) is 8.43. The predicted molar refractivity (Wildman–Crippen MR) is 51.9 cm³/mol. The van der Waals surface area contributed by atoms with Crippen LogP contribution in [-0.4, -0.2) is 28.1 Å². The van der Waals surface area contributed by atoms with Gasteiger partial charge in [0, 0.05) is 6.08 Å². The average Bonchev–Trinajstić information content (AvgIpc) is 2.21. The molecule has 15 heavy (non-hydrogen) atoms. The van der Waals surface area contributed by atoms with Gasteiger partial charge in [-0.1, -0.05) is 19.8 Å². The topological polar surface area (TPSA) is 98.4 Å². The number of ketones is 1. The summed E-state index contributed by atoms with van der Waals surface area (Å²) in [6, 6.07) is 1.47. The zero-order chi connectivity index (χ0) is 11.8. The molecule has 0 amide bonds. The number of nitrogens with zero attached hydrogens (tertiary/aromatic N) is 1. The zero-order valence-corrected chi connectivity index (χ0v) is 8.43. The molecule has 5 heteroatoms. The molecule has 0 aromatic carbocycles. The Balaban J connectivity index is 4.60. The summed E-state index contributed by atoms with van der Waals surface area (Å²) in [5, 5.41) is 26.2. The first-order chi connectivity index (χ1) is 7.04. The number of aliphatic carboxylic acids is 1. The number of carboxylic acid groups (broad SMARTS) is 1. The van der Waals surface area contributed by atoms with Crippen molar-refractivity contribution in [2.75, 3.05) is 0 Å². The summed E-state index contributed by atoms with van der Waals surface area (Å²) in [4.78, 5) is 21.9. The maximum atomic E-state index is 11.3. The van der Waals surface area contributed by atoms with Crippen LogP contribution in [0, 0.1) is 11.3 Å². The fourth-order valence-corrected chi connectivity index (χ4v) is 1.01. The van der Waals surface area contributed by atoms with Crippen molar-refractivity contribution >= 4 is 11.8 Å². The summed E-state index contributed by atoms with van der Waals surface area (Å²) < 4.78 is 0. The van der Waals surface area contributed by atoms with E-state index in [1.165, 1.54) is 6.07 Å². The maximum Gasteiger partial charge on any atom is 0.340 e. The minimum Gasteiger partial charge on any atom is -0.478 e. The fourth-order valence-electron chi connectivity index (χ4n) is 1.01. The average molecular weight is 211 g/mol. The second kappa shape index (κ2) is 6.74. The highest BCUT2D eigenvalue weighted by Gasteiger charge is 2.23. The molecule has 0 aliphatic rings. The smallest absolute Gasteiger partial charge is 0.340 e. The third-order valence-electron chi connectivity index (χ3n) is 1.84. The van der Waals surface area contributed by atoms with Crippen molar-refractivity contribution in [3.8, 4) is 6.07 Å². The first kappa shape index (κ1) is 13.3. The summed E-state index contributed by atoms with van der Waals surface area (Å²) in [5.74, 6) is -2.39. The van der Waals surface area contributed by atoms with Crippen LogP contribution in [0.15, 0.2) is 11.6 Å². The molecule has 1 atom stereocenters. The molecular formula is C10H13NO4. The normalized spacial score (nSPS) is 13.0. The van der Waals surface area contributed by atoms with Gasteiger partial charge >= 0.3 is 5.97 Å². The molecule has 0 aromatic heterocycles. The van der Waals surface area contributed by atoms with Crippen LogP contribution in [-0.2, 0) is 9.59 Å². The molecule has 0 saturated heterocycles. The minimum atomic E-state index is -1.49. The molecule has 0 heterocycles.